The summed E-state index contributed by atoms with van der Waals surface area (Å²) in [5.74, 6) is -2.27. The molecule has 0 N–H and O–H groups in total. The quantitative estimate of drug-likeness (QED) is 0.732. The third kappa shape index (κ3) is 4.24. The second kappa shape index (κ2) is 8.43. The Morgan fingerprint density at radius 2 is 1.52 bits per heavy atom. The fraction of sp³-hybridized carbons (Fsp3) is 0.333. The molecule has 0 bridgehead atoms. The number of halogens is 1. The highest BCUT2D eigenvalue weighted by molar-refractivity contribution is 5.98. The molecule has 0 spiro atoms. The smallest absolute Gasteiger partial charge is 0.336 e. The van der Waals surface area contributed by atoms with Crippen molar-refractivity contribution in [2.24, 2.45) is 0 Å². The van der Waals surface area contributed by atoms with E-state index < -0.39 is 23.7 Å². The Labute approximate surface area is 145 Å². The van der Waals surface area contributed by atoms with Crippen molar-refractivity contribution in [2.45, 2.75) is 5.92 Å². The van der Waals surface area contributed by atoms with Crippen molar-refractivity contribution >= 4 is 11.9 Å². The lowest BCUT2D eigenvalue weighted by Gasteiger charge is -2.29. The van der Waals surface area contributed by atoms with E-state index in [1.54, 1.807) is 24.4 Å². The standard InChI is InChI=1S/C18H20FNO5/c1-23-9-8-20-10-14(17(21)24-2)16(15(11-20)18(22)25-3)12-4-6-13(19)7-5-12/h4-7,10-11,16H,8-9H2,1-3H3. The Bertz CT molecular complexity index is 662. The summed E-state index contributed by atoms with van der Waals surface area (Å²) in [6, 6.07) is 5.60. The summed E-state index contributed by atoms with van der Waals surface area (Å²) in [4.78, 5) is 26.3. The number of hydrogen-bond acceptors (Lipinski definition) is 6. The van der Waals surface area contributed by atoms with Gasteiger partial charge in [0.15, 0.2) is 0 Å². The Balaban J connectivity index is 2.52. The summed E-state index contributed by atoms with van der Waals surface area (Å²) in [7, 11) is 4.09. The van der Waals surface area contributed by atoms with Crippen LogP contribution in [0.3, 0.4) is 0 Å². The highest BCUT2D eigenvalue weighted by Gasteiger charge is 2.35. The van der Waals surface area contributed by atoms with Crippen LogP contribution >= 0.6 is 0 Å². The first-order chi connectivity index (χ1) is 12.0. The molecule has 0 fully saturated rings. The number of ether oxygens (including phenoxy) is 3. The number of rotatable bonds is 6. The number of carbonyl (C=O) groups is 2. The molecule has 1 aromatic carbocycles. The predicted octanol–water partition coefficient (Wildman–Crippen LogP) is 1.99. The number of hydrogen-bond donors (Lipinski definition) is 0. The normalized spacial score (nSPS) is 14.6. The van der Waals surface area contributed by atoms with Gasteiger partial charge in [0.25, 0.3) is 0 Å². The van der Waals surface area contributed by atoms with E-state index in [0.29, 0.717) is 18.7 Å². The van der Waals surface area contributed by atoms with E-state index in [4.69, 9.17) is 14.2 Å². The summed E-state index contributed by atoms with van der Waals surface area (Å²) < 4.78 is 28.0. The third-order valence-corrected chi connectivity index (χ3v) is 3.83. The molecule has 0 saturated heterocycles. The van der Waals surface area contributed by atoms with Gasteiger partial charge in [-0.3, -0.25) is 0 Å². The van der Waals surface area contributed by atoms with Crippen LogP contribution in [0.2, 0.25) is 0 Å². The molecule has 6 nitrogen and oxygen atoms in total. The van der Waals surface area contributed by atoms with E-state index >= 15 is 0 Å². The van der Waals surface area contributed by atoms with Crippen LogP contribution in [-0.4, -0.2) is 51.3 Å². The molecular formula is C18H20FNO5. The number of methoxy groups -OCH3 is 3. The highest BCUT2D eigenvalue weighted by atomic mass is 19.1. The van der Waals surface area contributed by atoms with Crippen molar-refractivity contribution in [3.8, 4) is 0 Å². The minimum atomic E-state index is -0.709. The topological polar surface area (TPSA) is 65.1 Å². The van der Waals surface area contributed by atoms with Crippen LogP contribution < -0.4 is 0 Å². The van der Waals surface area contributed by atoms with Crippen molar-refractivity contribution in [3.05, 3.63) is 59.2 Å². The van der Waals surface area contributed by atoms with E-state index in [2.05, 4.69) is 0 Å². The van der Waals surface area contributed by atoms with E-state index in [0.717, 1.165) is 0 Å². The van der Waals surface area contributed by atoms with Gasteiger partial charge in [-0.25, -0.2) is 14.0 Å². The Morgan fingerprint density at radius 3 is 1.96 bits per heavy atom. The first kappa shape index (κ1) is 18.7. The Morgan fingerprint density at radius 1 is 1.00 bits per heavy atom. The molecule has 0 atom stereocenters. The number of nitrogens with zero attached hydrogens (tertiary/aromatic N) is 1. The van der Waals surface area contributed by atoms with Gasteiger partial charge in [-0.1, -0.05) is 12.1 Å². The largest absolute Gasteiger partial charge is 0.466 e. The maximum absolute atomic E-state index is 13.3. The molecule has 25 heavy (non-hydrogen) atoms. The molecule has 1 aliphatic heterocycles. The summed E-state index contributed by atoms with van der Waals surface area (Å²) >= 11 is 0. The van der Waals surface area contributed by atoms with Gasteiger partial charge < -0.3 is 19.1 Å². The van der Waals surface area contributed by atoms with Gasteiger partial charge in [0, 0.05) is 26.1 Å². The fourth-order valence-electron chi connectivity index (χ4n) is 2.63. The lowest BCUT2D eigenvalue weighted by Crippen LogP contribution is -2.30. The first-order valence-electron chi connectivity index (χ1n) is 7.62. The average Bonchev–Trinajstić information content (AvgIpc) is 2.65. The van der Waals surface area contributed by atoms with E-state index in [-0.39, 0.29) is 11.1 Å². The van der Waals surface area contributed by atoms with E-state index in [9.17, 15) is 14.0 Å². The van der Waals surface area contributed by atoms with Crippen LogP contribution in [0.25, 0.3) is 0 Å². The molecule has 134 valence electrons. The summed E-state index contributed by atoms with van der Waals surface area (Å²) in [5.41, 5.74) is 1.10. The van der Waals surface area contributed by atoms with Crippen LogP contribution in [0.15, 0.2) is 47.8 Å². The minimum Gasteiger partial charge on any atom is -0.466 e. The van der Waals surface area contributed by atoms with Gasteiger partial charge >= 0.3 is 11.9 Å². The Kier molecular flexibility index (Phi) is 6.30. The van der Waals surface area contributed by atoms with Crippen LogP contribution in [0.5, 0.6) is 0 Å². The van der Waals surface area contributed by atoms with Crippen molar-refractivity contribution < 1.29 is 28.2 Å². The molecular weight excluding hydrogens is 329 g/mol. The third-order valence-electron chi connectivity index (χ3n) is 3.83. The van der Waals surface area contributed by atoms with E-state index in [1.807, 2.05) is 0 Å². The molecule has 0 aromatic heterocycles. The van der Waals surface area contributed by atoms with E-state index in [1.165, 1.54) is 38.5 Å². The SMILES string of the molecule is COCCN1C=C(C(=O)OC)C(c2ccc(F)cc2)C(C(=O)OC)=C1. The zero-order valence-electron chi connectivity index (χ0n) is 14.3. The lowest BCUT2D eigenvalue weighted by atomic mass is 9.83. The molecule has 1 aromatic rings. The molecule has 0 amide bonds. The van der Waals surface area contributed by atoms with Crippen LogP contribution in [0.1, 0.15) is 11.5 Å². The Hall–Kier alpha value is -2.67. The molecule has 0 unspecified atom stereocenters. The van der Waals surface area contributed by atoms with Crippen LogP contribution in [0.4, 0.5) is 4.39 Å². The van der Waals surface area contributed by atoms with Gasteiger partial charge in [-0.2, -0.15) is 0 Å². The summed E-state index contributed by atoms with van der Waals surface area (Å²) in [5, 5.41) is 0. The van der Waals surface area contributed by atoms with Crippen molar-refractivity contribution in [2.75, 3.05) is 34.5 Å². The lowest BCUT2D eigenvalue weighted by molar-refractivity contribution is -0.137. The molecule has 0 radical (unpaired) electrons. The second-order valence-electron chi connectivity index (χ2n) is 5.37. The van der Waals surface area contributed by atoms with Crippen LogP contribution in [0, 0.1) is 5.82 Å². The molecule has 0 saturated carbocycles. The van der Waals surface area contributed by atoms with Crippen molar-refractivity contribution in [1.29, 1.82) is 0 Å². The highest BCUT2D eigenvalue weighted by Crippen LogP contribution is 2.36. The maximum atomic E-state index is 13.3. The maximum Gasteiger partial charge on any atom is 0.336 e. The zero-order chi connectivity index (χ0) is 18.4. The minimum absolute atomic E-state index is 0.258. The van der Waals surface area contributed by atoms with Gasteiger partial charge in [0.1, 0.15) is 5.82 Å². The molecule has 0 aliphatic carbocycles. The molecule has 1 aliphatic rings. The van der Waals surface area contributed by atoms with Gasteiger partial charge in [0.2, 0.25) is 0 Å². The molecule has 1 heterocycles. The average molecular weight is 349 g/mol. The van der Waals surface area contributed by atoms with Crippen molar-refractivity contribution in [1.82, 2.24) is 4.90 Å². The summed E-state index contributed by atoms with van der Waals surface area (Å²) in [6.45, 7) is 0.838. The van der Waals surface area contributed by atoms with Gasteiger partial charge in [-0.05, 0) is 17.7 Å². The first-order valence-corrected chi connectivity index (χ1v) is 7.62. The number of esters is 2. The zero-order valence-corrected chi connectivity index (χ0v) is 14.3. The number of carbonyl (C=O) groups excluding carboxylic acids is 2. The predicted molar refractivity (Wildman–Crippen MR) is 87.9 cm³/mol. The van der Waals surface area contributed by atoms with Crippen molar-refractivity contribution in [3.63, 3.8) is 0 Å². The number of benzene rings is 1. The van der Waals surface area contributed by atoms with Crippen LogP contribution in [-0.2, 0) is 23.8 Å². The van der Waals surface area contributed by atoms with Gasteiger partial charge in [0.05, 0.1) is 37.9 Å². The molecule has 2 rings (SSSR count). The fourth-order valence-corrected chi connectivity index (χ4v) is 2.63. The molecule has 7 heteroatoms. The van der Waals surface area contributed by atoms with Gasteiger partial charge in [-0.15, -0.1) is 0 Å². The monoisotopic (exact) mass is 349 g/mol. The summed E-state index contributed by atoms with van der Waals surface area (Å²) in [6.07, 6.45) is 3.20. The second-order valence-corrected chi connectivity index (χ2v) is 5.37.